The highest BCUT2D eigenvalue weighted by Crippen LogP contribution is 2.10. The molecule has 0 radical (unpaired) electrons. The van der Waals surface area contributed by atoms with Crippen LogP contribution in [0.1, 0.15) is 33.6 Å². The molecule has 0 atom stereocenters. The first-order valence-electron chi connectivity index (χ1n) is 5.10. The Hall–Kier alpha value is -2.17. The molecule has 90 valence electrons. The SMILES string of the molecule is O=CCCCOC(=O)c1ccccc1C(=O)O. The Morgan fingerprint density at radius 1 is 1.24 bits per heavy atom. The normalized spacial score (nSPS) is 9.65. The van der Waals surface area contributed by atoms with Crippen LogP contribution in [0.25, 0.3) is 0 Å². The second kappa shape index (κ2) is 6.42. The van der Waals surface area contributed by atoms with Gasteiger partial charge in [0, 0.05) is 6.42 Å². The zero-order valence-corrected chi connectivity index (χ0v) is 9.09. The van der Waals surface area contributed by atoms with Crippen molar-refractivity contribution >= 4 is 18.2 Å². The molecule has 5 nitrogen and oxygen atoms in total. The highest BCUT2D eigenvalue weighted by atomic mass is 16.5. The molecule has 0 heterocycles. The van der Waals surface area contributed by atoms with Gasteiger partial charge in [0.25, 0.3) is 0 Å². The van der Waals surface area contributed by atoms with Gasteiger partial charge in [-0.05, 0) is 18.6 Å². The molecule has 0 aliphatic heterocycles. The summed E-state index contributed by atoms with van der Waals surface area (Å²) in [6.07, 6.45) is 1.48. The van der Waals surface area contributed by atoms with Gasteiger partial charge in [-0.3, -0.25) is 0 Å². The Balaban J connectivity index is 2.68. The standard InChI is InChI=1S/C12H12O5/c13-7-3-4-8-17-12(16)10-6-2-1-5-9(10)11(14)15/h1-2,5-7H,3-4,8H2,(H,14,15). The van der Waals surface area contributed by atoms with Crippen molar-refractivity contribution in [3.63, 3.8) is 0 Å². The smallest absolute Gasteiger partial charge is 0.339 e. The zero-order chi connectivity index (χ0) is 12.7. The van der Waals surface area contributed by atoms with Crippen LogP contribution in [0.15, 0.2) is 24.3 Å². The van der Waals surface area contributed by atoms with Gasteiger partial charge in [-0.2, -0.15) is 0 Å². The molecule has 0 bridgehead atoms. The predicted molar refractivity (Wildman–Crippen MR) is 59.0 cm³/mol. The fourth-order valence-electron chi connectivity index (χ4n) is 1.26. The Morgan fingerprint density at radius 3 is 2.47 bits per heavy atom. The van der Waals surface area contributed by atoms with E-state index in [0.717, 1.165) is 6.29 Å². The molecular weight excluding hydrogens is 224 g/mol. The molecule has 0 spiro atoms. The Labute approximate surface area is 98.0 Å². The number of aldehydes is 1. The summed E-state index contributed by atoms with van der Waals surface area (Å²) >= 11 is 0. The fraction of sp³-hybridized carbons (Fsp3) is 0.250. The van der Waals surface area contributed by atoms with E-state index in [9.17, 15) is 14.4 Å². The van der Waals surface area contributed by atoms with Crippen LogP contribution in [0.4, 0.5) is 0 Å². The molecule has 1 rings (SSSR count). The minimum absolute atomic E-state index is 0.0195. The molecule has 0 fully saturated rings. The van der Waals surface area contributed by atoms with Crippen molar-refractivity contribution in [1.29, 1.82) is 0 Å². The van der Waals surface area contributed by atoms with Crippen LogP contribution < -0.4 is 0 Å². The third kappa shape index (κ3) is 3.71. The van der Waals surface area contributed by atoms with Crippen molar-refractivity contribution in [1.82, 2.24) is 0 Å². The summed E-state index contributed by atoms with van der Waals surface area (Å²) in [5, 5.41) is 8.87. The van der Waals surface area contributed by atoms with E-state index in [1.165, 1.54) is 18.2 Å². The van der Waals surface area contributed by atoms with E-state index in [-0.39, 0.29) is 17.7 Å². The van der Waals surface area contributed by atoms with Crippen molar-refractivity contribution in [2.45, 2.75) is 12.8 Å². The van der Waals surface area contributed by atoms with E-state index in [0.29, 0.717) is 12.8 Å². The summed E-state index contributed by atoms with van der Waals surface area (Å²) in [4.78, 5) is 32.5. The van der Waals surface area contributed by atoms with Crippen LogP contribution in [0.3, 0.4) is 0 Å². The van der Waals surface area contributed by atoms with Gasteiger partial charge in [-0.1, -0.05) is 12.1 Å². The third-order valence-corrected chi connectivity index (χ3v) is 2.08. The fourth-order valence-corrected chi connectivity index (χ4v) is 1.26. The van der Waals surface area contributed by atoms with Gasteiger partial charge in [0.2, 0.25) is 0 Å². The minimum atomic E-state index is -1.18. The lowest BCUT2D eigenvalue weighted by molar-refractivity contribution is -0.108. The molecule has 17 heavy (non-hydrogen) atoms. The largest absolute Gasteiger partial charge is 0.478 e. The summed E-state index contributed by atoms with van der Waals surface area (Å²) < 4.78 is 4.86. The lowest BCUT2D eigenvalue weighted by Crippen LogP contribution is -2.12. The van der Waals surface area contributed by atoms with Gasteiger partial charge in [0.05, 0.1) is 17.7 Å². The number of hydrogen-bond acceptors (Lipinski definition) is 4. The number of hydrogen-bond donors (Lipinski definition) is 1. The number of aromatic carboxylic acids is 1. The number of carboxylic acid groups (broad SMARTS) is 1. The van der Waals surface area contributed by atoms with E-state index in [1.807, 2.05) is 0 Å². The van der Waals surface area contributed by atoms with Crippen molar-refractivity contribution in [2.24, 2.45) is 0 Å². The van der Waals surface area contributed by atoms with Crippen LogP contribution >= 0.6 is 0 Å². The maximum Gasteiger partial charge on any atom is 0.339 e. The average molecular weight is 236 g/mol. The molecular formula is C12H12O5. The van der Waals surface area contributed by atoms with Crippen LogP contribution in [0.2, 0.25) is 0 Å². The molecule has 0 unspecified atom stereocenters. The van der Waals surface area contributed by atoms with Gasteiger partial charge in [-0.15, -0.1) is 0 Å². The maximum absolute atomic E-state index is 11.6. The summed E-state index contributed by atoms with van der Waals surface area (Å²) in [6, 6.07) is 5.83. The van der Waals surface area contributed by atoms with Crippen LogP contribution in [0.5, 0.6) is 0 Å². The van der Waals surface area contributed by atoms with Crippen LogP contribution in [-0.2, 0) is 9.53 Å². The molecule has 0 amide bonds. The molecule has 5 heteroatoms. The zero-order valence-electron chi connectivity index (χ0n) is 9.09. The molecule has 1 aromatic carbocycles. The summed E-state index contributed by atoms with van der Waals surface area (Å²) in [5.74, 6) is -1.86. The second-order valence-corrected chi connectivity index (χ2v) is 3.30. The first-order valence-corrected chi connectivity index (χ1v) is 5.10. The highest BCUT2D eigenvalue weighted by molar-refractivity contribution is 6.02. The number of rotatable bonds is 6. The number of ether oxygens (including phenoxy) is 1. The Kier molecular flexibility index (Phi) is 4.87. The first kappa shape index (κ1) is 12.9. The first-order chi connectivity index (χ1) is 8.16. The molecule has 0 aliphatic rings. The predicted octanol–water partition coefficient (Wildman–Crippen LogP) is 1.52. The number of carbonyl (C=O) groups is 3. The molecule has 1 aromatic rings. The maximum atomic E-state index is 11.6. The molecule has 1 N–H and O–H groups in total. The summed E-state index contributed by atoms with van der Waals surface area (Å²) in [7, 11) is 0. The molecule has 0 saturated carbocycles. The van der Waals surface area contributed by atoms with Gasteiger partial charge >= 0.3 is 11.9 Å². The number of carbonyl (C=O) groups excluding carboxylic acids is 2. The van der Waals surface area contributed by atoms with E-state index in [1.54, 1.807) is 6.07 Å². The van der Waals surface area contributed by atoms with Gasteiger partial charge in [0.15, 0.2) is 0 Å². The number of benzene rings is 1. The lowest BCUT2D eigenvalue weighted by atomic mass is 10.1. The third-order valence-electron chi connectivity index (χ3n) is 2.08. The van der Waals surface area contributed by atoms with Crippen molar-refractivity contribution in [3.8, 4) is 0 Å². The summed E-state index contributed by atoms with van der Waals surface area (Å²) in [6.45, 7) is 0.103. The van der Waals surface area contributed by atoms with E-state index in [4.69, 9.17) is 9.84 Å². The van der Waals surface area contributed by atoms with Crippen LogP contribution in [0, 0.1) is 0 Å². The lowest BCUT2D eigenvalue weighted by Gasteiger charge is -2.05. The average Bonchev–Trinajstić information content (AvgIpc) is 2.34. The number of carboxylic acids is 1. The van der Waals surface area contributed by atoms with Crippen molar-refractivity contribution in [2.75, 3.05) is 6.61 Å². The summed E-state index contributed by atoms with van der Waals surface area (Å²) in [5.41, 5.74) is -0.0704. The number of esters is 1. The topological polar surface area (TPSA) is 80.7 Å². The Morgan fingerprint density at radius 2 is 1.88 bits per heavy atom. The molecule has 0 saturated heterocycles. The quantitative estimate of drug-likeness (QED) is 0.460. The monoisotopic (exact) mass is 236 g/mol. The molecule has 0 aromatic heterocycles. The van der Waals surface area contributed by atoms with Crippen LogP contribution in [-0.4, -0.2) is 29.9 Å². The molecule has 0 aliphatic carbocycles. The Bertz CT molecular complexity index is 425. The van der Waals surface area contributed by atoms with Gasteiger partial charge in [-0.25, -0.2) is 9.59 Å². The van der Waals surface area contributed by atoms with Gasteiger partial charge < -0.3 is 14.6 Å². The minimum Gasteiger partial charge on any atom is -0.478 e. The van der Waals surface area contributed by atoms with E-state index < -0.39 is 11.9 Å². The van der Waals surface area contributed by atoms with Crippen molar-refractivity contribution in [3.05, 3.63) is 35.4 Å². The van der Waals surface area contributed by atoms with Crippen molar-refractivity contribution < 1.29 is 24.2 Å². The van der Waals surface area contributed by atoms with E-state index >= 15 is 0 Å². The van der Waals surface area contributed by atoms with Gasteiger partial charge in [0.1, 0.15) is 6.29 Å². The van der Waals surface area contributed by atoms with E-state index in [2.05, 4.69) is 0 Å². The highest BCUT2D eigenvalue weighted by Gasteiger charge is 2.16. The second-order valence-electron chi connectivity index (χ2n) is 3.30. The number of unbranched alkanes of at least 4 members (excludes halogenated alkanes) is 1.